The maximum atomic E-state index is 12.1. The summed E-state index contributed by atoms with van der Waals surface area (Å²) in [4.78, 5) is 12.1. The molecule has 128 valence electrons. The number of hydrogen-bond acceptors (Lipinski definition) is 2. The van der Waals surface area contributed by atoms with E-state index in [2.05, 4.69) is 17.6 Å². The highest BCUT2D eigenvalue weighted by atomic mass is 16.2. The molecule has 2 rings (SSSR count). The van der Waals surface area contributed by atoms with Crippen LogP contribution in [0.1, 0.15) is 77.6 Å². The molecular formula is C18H34N2O2. The van der Waals surface area contributed by atoms with Crippen LogP contribution in [-0.2, 0) is 0 Å². The number of aliphatic hydroxyl groups is 1. The summed E-state index contributed by atoms with van der Waals surface area (Å²) in [6.07, 6.45) is 12.8. The average molecular weight is 310 g/mol. The number of carbonyl (C=O) groups is 1. The van der Waals surface area contributed by atoms with Gasteiger partial charge >= 0.3 is 6.03 Å². The number of rotatable bonds is 11. The topological polar surface area (TPSA) is 61.4 Å². The zero-order valence-corrected chi connectivity index (χ0v) is 14.2. The second-order valence-electron chi connectivity index (χ2n) is 7.54. The molecule has 0 aliphatic heterocycles. The van der Waals surface area contributed by atoms with Crippen LogP contribution < -0.4 is 10.6 Å². The van der Waals surface area contributed by atoms with Crippen molar-refractivity contribution in [3.8, 4) is 0 Å². The second-order valence-corrected chi connectivity index (χ2v) is 7.54. The van der Waals surface area contributed by atoms with Crippen LogP contribution in [0.2, 0.25) is 0 Å². The Morgan fingerprint density at radius 1 is 1.14 bits per heavy atom. The van der Waals surface area contributed by atoms with E-state index in [9.17, 15) is 4.79 Å². The molecule has 0 spiro atoms. The van der Waals surface area contributed by atoms with E-state index >= 15 is 0 Å². The minimum Gasteiger partial charge on any atom is -0.396 e. The first kappa shape index (κ1) is 17.6. The Morgan fingerprint density at radius 3 is 2.32 bits per heavy atom. The van der Waals surface area contributed by atoms with Gasteiger partial charge in [0.05, 0.1) is 0 Å². The van der Waals surface area contributed by atoms with E-state index < -0.39 is 0 Å². The van der Waals surface area contributed by atoms with Crippen LogP contribution >= 0.6 is 0 Å². The molecule has 2 fully saturated rings. The molecule has 3 N–H and O–H groups in total. The fourth-order valence-corrected chi connectivity index (χ4v) is 3.60. The van der Waals surface area contributed by atoms with Crippen molar-refractivity contribution >= 4 is 6.03 Å². The number of unbranched alkanes of at least 4 members (excludes halogenated alkanes) is 5. The van der Waals surface area contributed by atoms with Crippen molar-refractivity contribution < 1.29 is 9.90 Å². The molecule has 4 nitrogen and oxygen atoms in total. The van der Waals surface area contributed by atoms with E-state index in [1.54, 1.807) is 0 Å². The van der Waals surface area contributed by atoms with Crippen molar-refractivity contribution in [1.82, 2.24) is 10.6 Å². The predicted octanol–water partition coefficient (Wildman–Crippen LogP) is 3.59. The lowest BCUT2D eigenvalue weighted by Gasteiger charge is -2.43. The van der Waals surface area contributed by atoms with Gasteiger partial charge in [-0.2, -0.15) is 0 Å². The molecule has 2 amide bonds. The molecule has 2 atom stereocenters. The zero-order chi connectivity index (χ0) is 15.8. The molecule has 4 heteroatoms. The molecule has 0 radical (unpaired) electrons. The molecule has 0 bridgehead atoms. The molecule has 2 aliphatic rings. The highest BCUT2D eigenvalue weighted by Gasteiger charge is 2.45. The monoisotopic (exact) mass is 310 g/mol. The third-order valence-corrected chi connectivity index (χ3v) is 5.49. The lowest BCUT2D eigenvalue weighted by atomic mass is 9.73. The highest BCUT2D eigenvalue weighted by Crippen LogP contribution is 2.48. The van der Waals surface area contributed by atoms with Gasteiger partial charge in [0.1, 0.15) is 0 Å². The van der Waals surface area contributed by atoms with Crippen LogP contribution in [-0.4, -0.2) is 29.8 Å². The SMILES string of the molecule is C[C@H]1CC1CC1(NC(=O)NCCCCCCCCO)CCC1. The zero-order valence-electron chi connectivity index (χ0n) is 14.2. The van der Waals surface area contributed by atoms with Gasteiger partial charge < -0.3 is 15.7 Å². The van der Waals surface area contributed by atoms with Gasteiger partial charge in [-0.3, -0.25) is 0 Å². The van der Waals surface area contributed by atoms with Crippen LogP contribution in [0.3, 0.4) is 0 Å². The van der Waals surface area contributed by atoms with Crippen LogP contribution in [0.15, 0.2) is 0 Å². The van der Waals surface area contributed by atoms with Crippen molar-refractivity contribution in [3.05, 3.63) is 0 Å². The second kappa shape index (κ2) is 8.76. The maximum absolute atomic E-state index is 12.1. The van der Waals surface area contributed by atoms with Gasteiger partial charge in [-0.15, -0.1) is 0 Å². The van der Waals surface area contributed by atoms with Crippen molar-refractivity contribution in [2.45, 2.75) is 83.1 Å². The molecule has 2 aliphatic carbocycles. The predicted molar refractivity (Wildman–Crippen MR) is 89.8 cm³/mol. The fraction of sp³-hybridized carbons (Fsp3) is 0.944. The molecule has 22 heavy (non-hydrogen) atoms. The Bertz CT molecular complexity index is 342. The van der Waals surface area contributed by atoms with E-state index in [4.69, 9.17) is 5.11 Å². The van der Waals surface area contributed by atoms with Gasteiger partial charge in [-0.1, -0.05) is 32.6 Å². The summed E-state index contributed by atoms with van der Waals surface area (Å²) in [5.74, 6) is 1.72. The largest absolute Gasteiger partial charge is 0.396 e. The lowest BCUT2D eigenvalue weighted by molar-refractivity contribution is 0.159. The fourth-order valence-electron chi connectivity index (χ4n) is 3.60. The number of hydrogen-bond donors (Lipinski definition) is 3. The van der Waals surface area contributed by atoms with Gasteiger partial charge in [0.15, 0.2) is 0 Å². The molecule has 0 aromatic rings. The minimum atomic E-state index is 0.0354. The summed E-state index contributed by atoms with van der Waals surface area (Å²) in [5.41, 5.74) is 0.115. The molecule has 0 saturated heterocycles. The Balaban J connectivity index is 1.50. The Labute approximate surface area is 135 Å². The van der Waals surface area contributed by atoms with Crippen LogP contribution in [0.5, 0.6) is 0 Å². The maximum Gasteiger partial charge on any atom is 0.315 e. The first-order valence-corrected chi connectivity index (χ1v) is 9.32. The van der Waals surface area contributed by atoms with Gasteiger partial charge in [-0.25, -0.2) is 4.79 Å². The van der Waals surface area contributed by atoms with E-state index in [0.717, 1.165) is 56.9 Å². The summed E-state index contributed by atoms with van der Waals surface area (Å²) in [6, 6.07) is 0.0354. The van der Waals surface area contributed by atoms with Crippen molar-refractivity contribution in [1.29, 1.82) is 0 Å². The summed E-state index contributed by atoms with van der Waals surface area (Å²) in [5, 5.41) is 15.0. The molecular weight excluding hydrogens is 276 g/mol. The Morgan fingerprint density at radius 2 is 1.77 bits per heavy atom. The third-order valence-electron chi connectivity index (χ3n) is 5.49. The number of carbonyl (C=O) groups excluding carboxylic acids is 1. The number of amides is 2. The van der Waals surface area contributed by atoms with E-state index in [0.29, 0.717) is 6.61 Å². The average Bonchev–Trinajstić information content (AvgIpc) is 3.14. The minimum absolute atomic E-state index is 0.0354. The molecule has 0 heterocycles. The Hall–Kier alpha value is -0.770. The van der Waals surface area contributed by atoms with Gasteiger partial charge in [0.2, 0.25) is 0 Å². The molecule has 2 saturated carbocycles. The number of nitrogens with one attached hydrogen (secondary N) is 2. The highest BCUT2D eigenvalue weighted by molar-refractivity contribution is 5.74. The summed E-state index contributed by atoms with van der Waals surface area (Å²) >= 11 is 0. The van der Waals surface area contributed by atoms with Gasteiger partial charge in [0, 0.05) is 18.7 Å². The van der Waals surface area contributed by atoms with Gasteiger partial charge in [-0.05, 0) is 56.8 Å². The summed E-state index contributed by atoms with van der Waals surface area (Å²) < 4.78 is 0. The number of urea groups is 1. The molecule has 1 unspecified atom stereocenters. The third kappa shape index (κ3) is 5.79. The number of aliphatic hydroxyl groups excluding tert-OH is 1. The quantitative estimate of drug-likeness (QED) is 0.511. The normalized spacial score (nSPS) is 25.4. The van der Waals surface area contributed by atoms with Crippen LogP contribution in [0, 0.1) is 11.8 Å². The van der Waals surface area contributed by atoms with Crippen LogP contribution in [0.25, 0.3) is 0 Å². The standard InChI is InChI=1S/C18H34N2O2/c1-15-13-16(15)14-18(9-8-10-18)20-17(22)19-11-6-4-2-3-5-7-12-21/h15-16,21H,2-14H2,1H3,(H2,19,20,22)/t15-,16?/m0/s1. The Kier molecular flexibility index (Phi) is 7.00. The van der Waals surface area contributed by atoms with Crippen molar-refractivity contribution in [2.75, 3.05) is 13.2 Å². The van der Waals surface area contributed by atoms with Crippen molar-refractivity contribution in [3.63, 3.8) is 0 Å². The smallest absolute Gasteiger partial charge is 0.315 e. The first-order chi connectivity index (χ1) is 10.7. The van der Waals surface area contributed by atoms with Crippen LogP contribution in [0.4, 0.5) is 4.79 Å². The van der Waals surface area contributed by atoms with E-state index in [-0.39, 0.29) is 11.6 Å². The lowest BCUT2D eigenvalue weighted by Crippen LogP contribution is -2.56. The van der Waals surface area contributed by atoms with Crippen molar-refractivity contribution in [2.24, 2.45) is 11.8 Å². The van der Waals surface area contributed by atoms with E-state index in [1.165, 1.54) is 32.1 Å². The first-order valence-electron chi connectivity index (χ1n) is 9.32. The summed E-state index contributed by atoms with van der Waals surface area (Å²) in [6.45, 7) is 3.41. The van der Waals surface area contributed by atoms with E-state index in [1.807, 2.05) is 0 Å². The molecule has 0 aromatic heterocycles. The summed E-state index contributed by atoms with van der Waals surface area (Å²) in [7, 11) is 0. The molecule has 0 aromatic carbocycles. The van der Waals surface area contributed by atoms with Gasteiger partial charge in [0.25, 0.3) is 0 Å².